The summed E-state index contributed by atoms with van der Waals surface area (Å²) < 4.78 is 14.1. The molecule has 0 amide bonds. The van der Waals surface area contributed by atoms with Crippen LogP contribution in [0.15, 0.2) is 23.6 Å². The van der Waals surface area contributed by atoms with Crippen molar-refractivity contribution in [3.05, 3.63) is 41.9 Å². The van der Waals surface area contributed by atoms with Crippen molar-refractivity contribution >= 4 is 21.4 Å². The van der Waals surface area contributed by atoms with Crippen molar-refractivity contribution in [2.24, 2.45) is 0 Å². The zero-order chi connectivity index (χ0) is 11.4. The van der Waals surface area contributed by atoms with Gasteiger partial charge in [0.25, 0.3) is 0 Å². The van der Waals surface area contributed by atoms with Gasteiger partial charge in [0.2, 0.25) is 0 Å². The SMILES string of the molecule is [CH2]CCCCCc1csc2cc(F)ccc12. The number of thiophene rings is 1. The van der Waals surface area contributed by atoms with Crippen molar-refractivity contribution in [2.75, 3.05) is 0 Å². The van der Waals surface area contributed by atoms with Gasteiger partial charge in [-0.3, -0.25) is 0 Å². The fourth-order valence-corrected chi connectivity index (χ4v) is 2.94. The Balaban J connectivity index is 2.07. The van der Waals surface area contributed by atoms with Gasteiger partial charge in [-0.2, -0.15) is 0 Å². The van der Waals surface area contributed by atoms with E-state index >= 15 is 0 Å². The Kier molecular flexibility index (Phi) is 3.94. The van der Waals surface area contributed by atoms with Crippen LogP contribution in [0.4, 0.5) is 4.39 Å². The van der Waals surface area contributed by atoms with E-state index in [1.807, 2.05) is 6.07 Å². The molecular weight excluding hydrogens is 219 g/mol. The Morgan fingerprint density at radius 1 is 1.19 bits per heavy atom. The quantitative estimate of drug-likeness (QED) is 0.641. The minimum absolute atomic E-state index is 0.141. The molecule has 0 unspecified atom stereocenters. The summed E-state index contributed by atoms with van der Waals surface area (Å²) in [5.74, 6) is -0.141. The molecular formula is C14H16FS. The molecule has 1 heterocycles. The molecule has 2 rings (SSSR count). The zero-order valence-electron chi connectivity index (χ0n) is 9.34. The molecule has 1 radical (unpaired) electrons. The van der Waals surface area contributed by atoms with E-state index in [4.69, 9.17) is 0 Å². The second-order valence-corrected chi connectivity index (χ2v) is 4.98. The Hall–Kier alpha value is -0.890. The second kappa shape index (κ2) is 5.44. The van der Waals surface area contributed by atoms with E-state index in [0.29, 0.717) is 0 Å². The first-order valence-electron chi connectivity index (χ1n) is 5.76. The number of benzene rings is 1. The molecule has 0 nitrogen and oxygen atoms in total. The molecule has 1 aromatic heterocycles. The predicted molar refractivity (Wildman–Crippen MR) is 69.3 cm³/mol. The topological polar surface area (TPSA) is 0 Å². The highest BCUT2D eigenvalue weighted by Crippen LogP contribution is 2.27. The van der Waals surface area contributed by atoms with Crippen molar-refractivity contribution in [1.29, 1.82) is 0 Å². The van der Waals surface area contributed by atoms with E-state index in [1.165, 1.54) is 30.2 Å². The van der Waals surface area contributed by atoms with Crippen LogP contribution >= 0.6 is 11.3 Å². The molecule has 0 aliphatic carbocycles. The molecule has 2 aromatic rings. The number of fused-ring (bicyclic) bond motifs is 1. The van der Waals surface area contributed by atoms with Gasteiger partial charge in [-0.15, -0.1) is 11.3 Å². The molecule has 0 saturated heterocycles. The van der Waals surface area contributed by atoms with Crippen LogP contribution in [0, 0.1) is 12.7 Å². The van der Waals surface area contributed by atoms with E-state index < -0.39 is 0 Å². The summed E-state index contributed by atoms with van der Waals surface area (Å²) in [4.78, 5) is 0. The largest absolute Gasteiger partial charge is 0.207 e. The van der Waals surface area contributed by atoms with Gasteiger partial charge < -0.3 is 0 Å². The second-order valence-electron chi connectivity index (χ2n) is 4.07. The summed E-state index contributed by atoms with van der Waals surface area (Å²) >= 11 is 1.64. The van der Waals surface area contributed by atoms with Crippen LogP contribution in [0.3, 0.4) is 0 Å². The summed E-state index contributed by atoms with van der Waals surface area (Å²) in [7, 11) is 0. The predicted octanol–water partition coefficient (Wildman–Crippen LogP) is 4.98. The number of unbranched alkanes of at least 4 members (excludes halogenated alkanes) is 3. The lowest BCUT2D eigenvalue weighted by Gasteiger charge is -1.99. The standard InChI is InChI=1S/C14H16FS/c1-2-3-4-5-6-11-10-16-14-9-12(15)7-8-13(11)14/h7-10H,1-6H2. The maximum Gasteiger partial charge on any atom is 0.124 e. The number of hydrogen-bond acceptors (Lipinski definition) is 1. The highest BCUT2D eigenvalue weighted by atomic mass is 32.1. The molecule has 0 saturated carbocycles. The van der Waals surface area contributed by atoms with Crippen LogP contribution < -0.4 is 0 Å². The summed E-state index contributed by atoms with van der Waals surface area (Å²) in [6.45, 7) is 3.84. The van der Waals surface area contributed by atoms with Gasteiger partial charge in [-0.1, -0.05) is 32.3 Å². The van der Waals surface area contributed by atoms with Crippen LogP contribution in [-0.2, 0) is 6.42 Å². The molecule has 2 heteroatoms. The first kappa shape index (κ1) is 11.6. The molecule has 0 spiro atoms. The number of hydrogen-bond donors (Lipinski definition) is 0. The van der Waals surface area contributed by atoms with Gasteiger partial charge in [0.15, 0.2) is 0 Å². The van der Waals surface area contributed by atoms with Gasteiger partial charge >= 0.3 is 0 Å². The number of rotatable bonds is 5. The van der Waals surface area contributed by atoms with Crippen LogP contribution in [-0.4, -0.2) is 0 Å². The van der Waals surface area contributed by atoms with Crippen molar-refractivity contribution in [3.63, 3.8) is 0 Å². The molecule has 0 atom stereocenters. The van der Waals surface area contributed by atoms with Crippen LogP contribution in [0.5, 0.6) is 0 Å². The highest BCUT2D eigenvalue weighted by Gasteiger charge is 2.04. The third kappa shape index (κ3) is 2.62. The van der Waals surface area contributed by atoms with Crippen molar-refractivity contribution < 1.29 is 4.39 Å². The van der Waals surface area contributed by atoms with E-state index in [2.05, 4.69) is 12.3 Å². The van der Waals surface area contributed by atoms with Crippen LogP contribution in [0.1, 0.15) is 31.2 Å². The first-order valence-corrected chi connectivity index (χ1v) is 6.64. The van der Waals surface area contributed by atoms with Crippen molar-refractivity contribution in [2.45, 2.75) is 32.1 Å². The van der Waals surface area contributed by atoms with E-state index in [-0.39, 0.29) is 5.82 Å². The van der Waals surface area contributed by atoms with E-state index in [0.717, 1.165) is 17.5 Å². The normalized spacial score (nSPS) is 11.1. The molecule has 1 aromatic carbocycles. The number of halogens is 1. The summed E-state index contributed by atoms with van der Waals surface area (Å²) in [6.07, 6.45) is 5.78. The molecule has 0 fully saturated rings. The summed E-state index contributed by atoms with van der Waals surface area (Å²) in [5.41, 5.74) is 1.36. The van der Waals surface area contributed by atoms with Crippen molar-refractivity contribution in [3.8, 4) is 0 Å². The molecule has 85 valence electrons. The number of aryl methyl sites for hydroxylation is 1. The lowest BCUT2D eigenvalue weighted by atomic mass is 10.1. The average Bonchev–Trinajstić information content (AvgIpc) is 2.67. The zero-order valence-corrected chi connectivity index (χ0v) is 10.2. The first-order chi connectivity index (χ1) is 7.81. The summed E-state index contributed by atoms with van der Waals surface area (Å²) in [5, 5.41) is 3.38. The maximum absolute atomic E-state index is 13.0. The van der Waals surface area contributed by atoms with Gasteiger partial charge in [0.05, 0.1) is 0 Å². The minimum atomic E-state index is -0.141. The van der Waals surface area contributed by atoms with Crippen molar-refractivity contribution in [1.82, 2.24) is 0 Å². The van der Waals surface area contributed by atoms with Crippen LogP contribution in [0.2, 0.25) is 0 Å². The molecule has 16 heavy (non-hydrogen) atoms. The van der Waals surface area contributed by atoms with Gasteiger partial charge in [0.1, 0.15) is 5.82 Å². The lowest BCUT2D eigenvalue weighted by molar-refractivity contribution is 0.630. The third-order valence-corrected chi connectivity index (χ3v) is 3.81. The van der Waals surface area contributed by atoms with Crippen LogP contribution in [0.25, 0.3) is 10.1 Å². The molecule has 0 aliphatic rings. The Labute approximate surface area is 100 Å². The summed E-state index contributed by atoms with van der Waals surface area (Å²) in [6, 6.07) is 5.08. The third-order valence-electron chi connectivity index (χ3n) is 2.81. The van der Waals surface area contributed by atoms with Gasteiger partial charge in [-0.05, 0) is 41.3 Å². The highest BCUT2D eigenvalue weighted by molar-refractivity contribution is 7.17. The minimum Gasteiger partial charge on any atom is -0.207 e. The Morgan fingerprint density at radius 3 is 2.88 bits per heavy atom. The Bertz CT molecular complexity index is 459. The van der Waals surface area contributed by atoms with E-state index in [9.17, 15) is 4.39 Å². The van der Waals surface area contributed by atoms with E-state index in [1.54, 1.807) is 23.5 Å². The van der Waals surface area contributed by atoms with Gasteiger partial charge in [-0.25, -0.2) is 4.39 Å². The average molecular weight is 235 g/mol. The fourth-order valence-electron chi connectivity index (χ4n) is 1.92. The van der Waals surface area contributed by atoms with Gasteiger partial charge in [0, 0.05) is 4.70 Å². The monoisotopic (exact) mass is 235 g/mol. The smallest absolute Gasteiger partial charge is 0.124 e. The fraction of sp³-hybridized carbons (Fsp3) is 0.357. The molecule has 0 bridgehead atoms. The molecule has 0 aliphatic heterocycles. The molecule has 0 N–H and O–H groups in total. The Morgan fingerprint density at radius 2 is 2.06 bits per heavy atom. The lowest BCUT2D eigenvalue weighted by Crippen LogP contribution is -1.84. The maximum atomic E-state index is 13.0.